The molecule has 1 aliphatic heterocycles. The maximum Gasteiger partial charge on any atom is 0.104 e. The molecule has 1 saturated carbocycles. The van der Waals surface area contributed by atoms with Gasteiger partial charge in [0.25, 0.3) is 0 Å². The first-order chi connectivity index (χ1) is 10.4. The molecule has 1 saturated heterocycles. The molecule has 1 aromatic rings. The van der Waals surface area contributed by atoms with E-state index in [0.29, 0.717) is 0 Å². The van der Waals surface area contributed by atoms with Gasteiger partial charge in [0, 0.05) is 18.2 Å². The van der Waals surface area contributed by atoms with Crippen LogP contribution in [0.3, 0.4) is 0 Å². The minimum Gasteiger partial charge on any atom is -0.384 e. The smallest absolute Gasteiger partial charge is 0.104 e. The summed E-state index contributed by atoms with van der Waals surface area (Å²) < 4.78 is 0. The normalized spacial score (nSPS) is 25.8. The molecule has 1 N–H and O–H groups in total. The quantitative estimate of drug-likeness (QED) is 0.843. The third-order valence-corrected chi connectivity index (χ3v) is 4.98. The monoisotopic (exact) mass is 283 g/mol. The molecule has 21 heavy (non-hydrogen) atoms. The fraction of sp³-hybridized carbons (Fsp3) is 0.579. The number of fused-ring (bicyclic) bond motifs is 1. The Bertz CT molecular complexity index is 526. The van der Waals surface area contributed by atoms with Gasteiger partial charge in [-0.1, -0.05) is 36.8 Å². The zero-order valence-electron chi connectivity index (χ0n) is 12.7. The van der Waals surface area contributed by atoms with Crippen LogP contribution in [0.2, 0.25) is 0 Å². The van der Waals surface area contributed by atoms with Crippen molar-refractivity contribution in [1.82, 2.24) is 4.90 Å². The van der Waals surface area contributed by atoms with Gasteiger partial charge in [-0.05, 0) is 55.8 Å². The Hall–Kier alpha value is -1.30. The van der Waals surface area contributed by atoms with Gasteiger partial charge in [-0.2, -0.15) is 0 Å². The Morgan fingerprint density at radius 3 is 2.90 bits per heavy atom. The van der Waals surface area contributed by atoms with Gasteiger partial charge in [-0.15, -0.1) is 0 Å². The summed E-state index contributed by atoms with van der Waals surface area (Å²) in [6.07, 6.45) is 8.44. The summed E-state index contributed by atoms with van der Waals surface area (Å²) in [6, 6.07) is 9.29. The van der Waals surface area contributed by atoms with Crippen LogP contribution < -0.4 is 0 Å². The summed E-state index contributed by atoms with van der Waals surface area (Å²) in [6.45, 7) is 2.23. The van der Waals surface area contributed by atoms with Gasteiger partial charge in [-0.3, -0.25) is 4.90 Å². The van der Waals surface area contributed by atoms with Crippen molar-refractivity contribution >= 4 is 0 Å². The molecular weight excluding hydrogens is 258 g/mol. The second-order valence-electron chi connectivity index (χ2n) is 6.38. The van der Waals surface area contributed by atoms with E-state index in [1.807, 2.05) is 6.07 Å². The van der Waals surface area contributed by atoms with Crippen molar-refractivity contribution in [2.45, 2.75) is 51.1 Å². The van der Waals surface area contributed by atoms with Crippen molar-refractivity contribution in [3.05, 3.63) is 35.4 Å². The summed E-state index contributed by atoms with van der Waals surface area (Å²) in [5.74, 6) is 6.68. The summed E-state index contributed by atoms with van der Waals surface area (Å²) in [4.78, 5) is 2.70. The van der Waals surface area contributed by atoms with E-state index in [1.165, 1.54) is 50.6 Å². The molecule has 2 fully saturated rings. The van der Waals surface area contributed by atoms with Crippen LogP contribution in [0.1, 0.15) is 49.7 Å². The van der Waals surface area contributed by atoms with Crippen LogP contribution in [-0.4, -0.2) is 29.2 Å². The van der Waals surface area contributed by atoms with Gasteiger partial charge in [0.15, 0.2) is 0 Å². The topological polar surface area (TPSA) is 23.5 Å². The highest BCUT2D eigenvalue weighted by Gasteiger charge is 2.32. The Morgan fingerprint density at radius 2 is 2.00 bits per heavy atom. The number of aliphatic hydroxyl groups excluding tert-OH is 1. The van der Waals surface area contributed by atoms with Gasteiger partial charge >= 0.3 is 0 Å². The molecule has 0 radical (unpaired) electrons. The van der Waals surface area contributed by atoms with Gasteiger partial charge < -0.3 is 5.11 Å². The van der Waals surface area contributed by atoms with E-state index in [2.05, 4.69) is 34.9 Å². The average Bonchev–Trinajstić information content (AvgIpc) is 2.54. The maximum absolute atomic E-state index is 8.81. The SMILES string of the molecule is OCC#Cc1cccc(CN2CCC[C@H]3CCCC[C@H]32)c1. The number of piperidine rings is 1. The average molecular weight is 283 g/mol. The summed E-state index contributed by atoms with van der Waals surface area (Å²) in [7, 11) is 0. The molecule has 3 rings (SSSR count). The van der Waals surface area contributed by atoms with Crippen molar-refractivity contribution < 1.29 is 5.11 Å². The third kappa shape index (κ3) is 3.67. The molecule has 1 heterocycles. The lowest BCUT2D eigenvalue weighted by molar-refractivity contribution is 0.0547. The standard InChI is InChI=1S/C19H25NO/c21-13-5-8-16-6-3-7-17(14-16)15-20-12-4-10-18-9-1-2-11-19(18)20/h3,6-7,14,18-19,21H,1-2,4,9-13,15H2/t18-,19-/m1/s1. The van der Waals surface area contributed by atoms with E-state index in [1.54, 1.807) is 0 Å². The van der Waals surface area contributed by atoms with Crippen molar-refractivity contribution in [3.8, 4) is 11.8 Å². The Kier molecular flexibility index (Phi) is 4.95. The lowest BCUT2D eigenvalue weighted by Gasteiger charge is -2.44. The van der Waals surface area contributed by atoms with E-state index in [9.17, 15) is 0 Å². The largest absolute Gasteiger partial charge is 0.384 e. The van der Waals surface area contributed by atoms with Gasteiger partial charge in [0.05, 0.1) is 0 Å². The first kappa shape index (κ1) is 14.6. The first-order valence-electron chi connectivity index (χ1n) is 8.29. The summed E-state index contributed by atoms with van der Waals surface area (Å²) >= 11 is 0. The molecule has 0 unspecified atom stereocenters. The lowest BCUT2D eigenvalue weighted by atomic mass is 9.78. The van der Waals surface area contributed by atoms with E-state index in [0.717, 1.165) is 24.1 Å². The molecule has 2 heteroatoms. The van der Waals surface area contributed by atoms with E-state index in [4.69, 9.17) is 5.11 Å². The predicted molar refractivity (Wildman–Crippen MR) is 85.8 cm³/mol. The molecule has 2 nitrogen and oxygen atoms in total. The van der Waals surface area contributed by atoms with Crippen LogP contribution in [0.4, 0.5) is 0 Å². The van der Waals surface area contributed by atoms with Gasteiger partial charge in [-0.25, -0.2) is 0 Å². The highest BCUT2D eigenvalue weighted by Crippen LogP contribution is 2.35. The van der Waals surface area contributed by atoms with Gasteiger partial charge in [0.2, 0.25) is 0 Å². The van der Waals surface area contributed by atoms with E-state index >= 15 is 0 Å². The number of aliphatic hydroxyl groups is 1. The molecule has 0 bridgehead atoms. The molecular formula is C19H25NO. The van der Waals surface area contributed by atoms with Crippen LogP contribution >= 0.6 is 0 Å². The third-order valence-electron chi connectivity index (χ3n) is 4.98. The number of benzene rings is 1. The Balaban J connectivity index is 1.70. The molecule has 112 valence electrons. The van der Waals surface area contributed by atoms with Crippen LogP contribution in [-0.2, 0) is 6.54 Å². The summed E-state index contributed by atoms with van der Waals surface area (Å²) in [5.41, 5.74) is 2.37. The fourth-order valence-electron chi connectivity index (χ4n) is 4.05. The van der Waals surface area contributed by atoms with Crippen molar-refractivity contribution in [2.75, 3.05) is 13.2 Å². The molecule has 0 amide bonds. The molecule has 0 spiro atoms. The van der Waals surface area contributed by atoms with Crippen LogP contribution in [0.15, 0.2) is 24.3 Å². The van der Waals surface area contributed by atoms with Crippen LogP contribution in [0.25, 0.3) is 0 Å². The van der Waals surface area contributed by atoms with Crippen LogP contribution in [0, 0.1) is 17.8 Å². The molecule has 1 aliphatic carbocycles. The number of nitrogens with zero attached hydrogens (tertiary/aromatic N) is 1. The van der Waals surface area contributed by atoms with Crippen molar-refractivity contribution in [3.63, 3.8) is 0 Å². The molecule has 2 aliphatic rings. The first-order valence-corrected chi connectivity index (χ1v) is 8.29. The fourth-order valence-corrected chi connectivity index (χ4v) is 4.05. The number of hydrogen-bond acceptors (Lipinski definition) is 2. The number of likely N-dealkylation sites (tertiary alicyclic amines) is 1. The molecule has 2 atom stereocenters. The van der Waals surface area contributed by atoms with Crippen molar-refractivity contribution in [2.24, 2.45) is 5.92 Å². The Morgan fingerprint density at radius 1 is 1.14 bits per heavy atom. The van der Waals surface area contributed by atoms with Crippen molar-refractivity contribution in [1.29, 1.82) is 0 Å². The zero-order chi connectivity index (χ0) is 14.5. The highest BCUT2D eigenvalue weighted by atomic mass is 16.2. The molecule has 1 aromatic carbocycles. The van der Waals surface area contributed by atoms with E-state index < -0.39 is 0 Å². The van der Waals surface area contributed by atoms with E-state index in [-0.39, 0.29) is 6.61 Å². The maximum atomic E-state index is 8.81. The minimum atomic E-state index is -0.0693. The zero-order valence-corrected chi connectivity index (χ0v) is 12.7. The van der Waals surface area contributed by atoms with Crippen LogP contribution in [0.5, 0.6) is 0 Å². The lowest BCUT2D eigenvalue weighted by Crippen LogP contribution is -2.46. The predicted octanol–water partition coefficient (Wildman–Crippen LogP) is 3.19. The highest BCUT2D eigenvalue weighted by molar-refractivity contribution is 5.37. The molecule has 0 aromatic heterocycles. The summed E-state index contributed by atoms with van der Waals surface area (Å²) in [5, 5.41) is 8.81. The minimum absolute atomic E-state index is 0.0693. The second kappa shape index (κ2) is 7.11. The number of rotatable bonds is 2. The second-order valence-corrected chi connectivity index (χ2v) is 6.38. The number of hydrogen-bond donors (Lipinski definition) is 1. The Labute approximate surface area is 128 Å². The van der Waals surface area contributed by atoms with Gasteiger partial charge in [0.1, 0.15) is 6.61 Å².